The number of rotatable bonds is 2. The van der Waals surface area contributed by atoms with Gasteiger partial charge in [0.2, 0.25) is 0 Å². The van der Waals surface area contributed by atoms with Gasteiger partial charge in [-0.05, 0) is 0 Å². The van der Waals surface area contributed by atoms with Crippen molar-refractivity contribution in [1.29, 1.82) is 0 Å². The molecule has 2 saturated heterocycles. The SMILES string of the molecule is O=C1N2C[C@H](Cc3cn[nH]n3)S[C@@H]2C1(Br)Br. The summed E-state index contributed by atoms with van der Waals surface area (Å²) in [5.74, 6) is 0.118. The van der Waals surface area contributed by atoms with Crippen molar-refractivity contribution < 1.29 is 4.79 Å². The van der Waals surface area contributed by atoms with Crippen molar-refractivity contribution in [1.82, 2.24) is 20.3 Å². The number of nitrogens with one attached hydrogen (secondary N) is 1. The zero-order valence-electron chi connectivity index (χ0n) is 8.06. The standard InChI is InChI=1S/C8H8Br2N4OS/c9-8(10)6(15)14-3-5(16-7(8)14)1-4-2-11-13-12-4/h2,5,7H,1,3H2,(H,11,12,13)/t5-,7+/m0/s1. The lowest BCUT2D eigenvalue weighted by Gasteiger charge is -2.44. The Labute approximate surface area is 113 Å². The number of H-pyrrole nitrogens is 1. The molecule has 8 heteroatoms. The van der Waals surface area contributed by atoms with Crippen LogP contribution in [0.1, 0.15) is 5.69 Å². The molecule has 0 unspecified atom stereocenters. The molecular formula is C8H8Br2N4OS. The summed E-state index contributed by atoms with van der Waals surface area (Å²) in [6, 6.07) is 0. The van der Waals surface area contributed by atoms with Gasteiger partial charge in [-0.3, -0.25) is 4.79 Å². The molecule has 1 amide bonds. The number of thioether (sulfide) groups is 1. The fraction of sp³-hybridized carbons (Fsp3) is 0.625. The summed E-state index contributed by atoms with van der Waals surface area (Å²) in [7, 11) is 0. The summed E-state index contributed by atoms with van der Waals surface area (Å²) >= 11 is 8.62. The lowest BCUT2D eigenvalue weighted by Crippen LogP contribution is -2.63. The zero-order valence-corrected chi connectivity index (χ0v) is 12.0. The van der Waals surface area contributed by atoms with Crippen LogP contribution in [0.2, 0.25) is 0 Å². The van der Waals surface area contributed by atoms with Crippen molar-refractivity contribution in [3.05, 3.63) is 11.9 Å². The van der Waals surface area contributed by atoms with Crippen LogP contribution in [0.3, 0.4) is 0 Å². The van der Waals surface area contributed by atoms with Gasteiger partial charge < -0.3 is 4.90 Å². The van der Waals surface area contributed by atoms with Crippen LogP contribution in [0, 0.1) is 0 Å². The second-order valence-corrected chi connectivity index (χ2v) is 8.81. The number of aromatic amines is 1. The number of amides is 1. The van der Waals surface area contributed by atoms with Crippen LogP contribution >= 0.6 is 43.6 Å². The molecule has 0 saturated carbocycles. The third kappa shape index (κ3) is 1.53. The van der Waals surface area contributed by atoms with Crippen molar-refractivity contribution in [2.45, 2.75) is 20.3 Å². The van der Waals surface area contributed by atoms with E-state index >= 15 is 0 Å². The highest BCUT2D eigenvalue weighted by molar-refractivity contribution is 9.26. The molecule has 3 heterocycles. The van der Waals surface area contributed by atoms with Gasteiger partial charge in [0, 0.05) is 18.2 Å². The van der Waals surface area contributed by atoms with Crippen LogP contribution in [-0.4, -0.2) is 46.6 Å². The highest BCUT2D eigenvalue weighted by Crippen LogP contribution is 2.54. The monoisotopic (exact) mass is 366 g/mol. The number of β-lactam (4-membered cyclic amide) rings is 1. The van der Waals surface area contributed by atoms with Crippen LogP contribution in [0.5, 0.6) is 0 Å². The van der Waals surface area contributed by atoms with Crippen molar-refractivity contribution in [2.24, 2.45) is 0 Å². The number of hydrogen-bond acceptors (Lipinski definition) is 4. The Morgan fingerprint density at radius 1 is 1.69 bits per heavy atom. The van der Waals surface area contributed by atoms with Gasteiger partial charge in [-0.2, -0.15) is 15.4 Å². The van der Waals surface area contributed by atoms with Crippen LogP contribution in [0.15, 0.2) is 6.20 Å². The molecule has 0 radical (unpaired) electrons. The highest BCUT2D eigenvalue weighted by atomic mass is 79.9. The number of fused-ring (bicyclic) bond motifs is 1. The molecule has 1 aromatic heterocycles. The third-order valence-corrected chi connectivity index (χ3v) is 6.48. The number of carbonyl (C=O) groups excluding carboxylic acids is 1. The lowest BCUT2D eigenvalue weighted by atomic mass is 10.1. The maximum atomic E-state index is 11.7. The molecule has 0 spiro atoms. The number of nitrogens with zero attached hydrogens (tertiary/aromatic N) is 3. The van der Waals surface area contributed by atoms with Gasteiger partial charge in [0.25, 0.3) is 5.91 Å². The molecule has 0 bridgehead atoms. The number of hydrogen-bond donors (Lipinski definition) is 1. The molecule has 5 nitrogen and oxygen atoms in total. The molecule has 3 rings (SSSR count). The van der Waals surface area contributed by atoms with Crippen molar-refractivity contribution in [2.75, 3.05) is 6.54 Å². The minimum absolute atomic E-state index is 0.118. The average molecular weight is 368 g/mol. The molecule has 2 aliphatic heterocycles. The molecule has 2 fully saturated rings. The molecule has 2 aliphatic rings. The second-order valence-electron chi connectivity index (χ2n) is 3.86. The number of aromatic nitrogens is 3. The Morgan fingerprint density at radius 3 is 3.12 bits per heavy atom. The molecule has 1 aromatic rings. The van der Waals surface area contributed by atoms with Crippen molar-refractivity contribution in [3.63, 3.8) is 0 Å². The molecule has 0 aromatic carbocycles. The molecule has 86 valence electrons. The molecule has 2 atom stereocenters. The van der Waals surface area contributed by atoms with Crippen LogP contribution < -0.4 is 0 Å². The van der Waals surface area contributed by atoms with Crippen LogP contribution in [0.25, 0.3) is 0 Å². The zero-order chi connectivity index (χ0) is 11.3. The van der Waals surface area contributed by atoms with E-state index in [2.05, 4.69) is 47.3 Å². The highest BCUT2D eigenvalue weighted by Gasteiger charge is 2.62. The van der Waals surface area contributed by atoms with E-state index in [4.69, 9.17) is 0 Å². The Bertz CT molecular complexity index is 424. The van der Waals surface area contributed by atoms with Gasteiger partial charge in [-0.1, -0.05) is 31.9 Å². The normalized spacial score (nSPS) is 31.4. The first-order valence-electron chi connectivity index (χ1n) is 4.78. The van der Waals surface area contributed by atoms with E-state index in [0.717, 1.165) is 18.7 Å². The molecule has 1 N–H and O–H groups in total. The second kappa shape index (κ2) is 3.71. The Hall–Kier alpha value is -0.0800. The molecule has 16 heavy (non-hydrogen) atoms. The summed E-state index contributed by atoms with van der Waals surface area (Å²) in [6.07, 6.45) is 2.57. The van der Waals surface area contributed by atoms with Gasteiger partial charge in [-0.25, -0.2) is 0 Å². The fourth-order valence-electron chi connectivity index (χ4n) is 1.99. The maximum Gasteiger partial charge on any atom is 0.254 e. The Kier molecular flexibility index (Phi) is 2.56. The quantitative estimate of drug-likeness (QED) is 0.628. The largest absolute Gasteiger partial charge is 0.325 e. The van der Waals surface area contributed by atoms with E-state index < -0.39 is 3.23 Å². The predicted octanol–water partition coefficient (Wildman–Crippen LogP) is 1.12. The summed E-state index contributed by atoms with van der Waals surface area (Å²) in [6.45, 7) is 0.792. The van der Waals surface area contributed by atoms with Crippen molar-refractivity contribution in [3.8, 4) is 0 Å². The lowest BCUT2D eigenvalue weighted by molar-refractivity contribution is -0.140. The van der Waals surface area contributed by atoms with E-state index in [0.29, 0.717) is 5.25 Å². The van der Waals surface area contributed by atoms with E-state index in [1.54, 1.807) is 18.0 Å². The first-order chi connectivity index (χ1) is 7.59. The summed E-state index contributed by atoms with van der Waals surface area (Å²) < 4.78 is -0.552. The molecule has 0 aliphatic carbocycles. The molecular weight excluding hydrogens is 360 g/mol. The van der Waals surface area contributed by atoms with Crippen molar-refractivity contribution >= 4 is 49.5 Å². The summed E-state index contributed by atoms with van der Waals surface area (Å²) in [5.41, 5.74) is 0.946. The van der Waals surface area contributed by atoms with E-state index in [1.165, 1.54) is 0 Å². The van der Waals surface area contributed by atoms with Gasteiger partial charge in [0.05, 0.1) is 11.9 Å². The predicted molar refractivity (Wildman–Crippen MR) is 67.6 cm³/mol. The van der Waals surface area contributed by atoms with E-state index in [1.807, 2.05) is 4.90 Å². The minimum Gasteiger partial charge on any atom is -0.325 e. The van der Waals surface area contributed by atoms with Crippen LogP contribution in [0.4, 0.5) is 0 Å². The average Bonchev–Trinajstić information content (AvgIpc) is 2.86. The van der Waals surface area contributed by atoms with E-state index in [9.17, 15) is 4.79 Å². The van der Waals surface area contributed by atoms with Gasteiger partial charge >= 0.3 is 0 Å². The first kappa shape index (κ1) is 11.0. The first-order valence-corrected chi connectivity index (χ1v) is 7.31. The fourth-order valence-corrected chi connectivity index (χ4v) is 5.06. The number of alkyl halides is 2. The van der Waals surface area contributed by atoms with E-state index in [-0.39, 0.29) is 11.3 Å². The Morgan fingerprint density at radius 2 is 2.50 bits per heavy atom. The summed E-state index contributed by atoms with van der Waals surface area (Å²) in [5, 5.41) is 11.0. The summed E-state index contributed by atoms with van der Waals surface area (Å²) in [4.78, 5) is 13.6. The van der Waals surface area contributed by atoms with Gasteiger partial charge in [-0.15, -0.1) is 11.8 Å². The van der Waals surface area contributed by atoms with Gasteiger partial charge in [0.15, 0.2) is 3.23 Å². The maximum absolute atomic E-state index is 11.7. The van der Waals surface area contributed by atoms with Gasteiger partial charge in [0.1, 0.15) is 5.37 Å². The Balaban J connectivity index is 1.68. The third-order valence-electron chi connectivity index (χ3n) is 2.76. The van der Waals surface area contributed by atoms with Crippen LogP contribution in [-0.2, 0) is 11.2 Å². The smallest absolute Gasteiger partial charge is 0.254 e. The minimum atomic E-state index is -0.552. The number of carbonyl (C=O) groups is 1. The topological polar surface area (TPSA) is 61.9 Å². The number of halogens is 2.